The Morgan fingerprint density at radius 2 is 1.90 bits per heavy atom. The lowest BCUT2D eigenvalue weighted by Gasteiger charge is -2.25. The Bertz CT molecular complexity index is 551. The van der Waals surface area contributed by atoms with Crippen LogP contribution in [0.25, 0.3) is 0 Å². The largest absolute Gasteiger partial charge is 0.481 e. The smallest absolute Gasteiger partial charge is 0.311 e. The average Bonchev–Trinajstić information content (AvgIpc) is 3.26. The molecule has 1 aromatic rings. The van der Waals surface area contributed by atoms with Gasteiger partial charge in [0.05, 0.1) is 10.8 Å². The molecular weight excluding hydrogens is 334 g/mol. The maximum Gasteiger partial charge on any atom is 0.311 e. The van der Waals surface area contributed by atoms with Crippen LogP contribution in [0.5, 0.6) is 0 Å². The zero-order valence-electron chi connectivity index (χ0n) is 12.3. The molecule has 1 fully saturated rings. The van der Waals surface area contributed by atoms with Crippen molar-refractivity contribution in [2.75, 3.05) is 6.54 Å². The number of carbonyl (C=O) groups is 2. The summed E-state index contributed by atoms with van der Waals surface area (Å²) in [5.74, 6) is -0.940. The number of carboxylic acid groups (broad SMARTS) is 1. The number of carboxylic acids is 1. The molecule has 1 amide bonds. The lowest BCUT2D eigenvalue weighted by Crippen LogP contribution is -2.44. The highest BCUT2D eigenvalue weighted by Crippen LogP contribution is 2.48. The van der Waals surface area contributed by atoms with Crippen LogP contribution in [0.15, 0.2) is 28.7 Å². The average molecular weight is 354 g/mol. The van der Waals surface area contributed by atoms with E-state index in [0.717, 1.165) is 22.9 Å². The number of amides is 1. The minimum Gasteiger partial charge on any atom is -0.481 e. The van der Waals surface area contributed by atoms with Crippen LogP contribution < -0.4 is 5.32 Å². The number of nitrogens with one attached hydrogen (secondary N) is 1. The molecule has 1 aliphatic carbocycles. The first-order valence-corrected chi connectivity index (χ1v) is 7.91. The molecule has 1 atom stereocenters. The van der Waals surface area contributed by atoms with Gasteiger partial charge in [-0.1, -0.05) is 35.0 Å². The van der Waals surface area contributed by atoms with E-state index in [0.29, 0.717) is 6.42 Å². The molecule has 1 aromatic carbocycles. The molecule has 1 saturated carbocycles. The van der Waals surface area contributed by atoms with E-state index in [-0.39, 0.29) is 12.5 Å². The second-order valence-electron chi connectivity index (χ2n) is 5.99. The summed E-state index contributed by atoms with van der Waals surface area (Å²) in [5, 5.41) is 12.1. The Kier molecular flexibility index (Phi) is 4.42. The summed E-state index contributed by atoms with van der Waals surface area (Å²) in [6, 6.07) is 7.76. The fourth-order valence-electron chi connectivity index (χ4n) is 2.34. The van der Waals surface area contributed by atoms with Gasteiger partial charge in [0.1, 0.15) is 0 Å². The first-order valence-electron chi connectivity index (χ1n) is 7.12. The van der Waals surface area contributed by atoms with E-state index >= 15 is 0 Å². The minimum atomic E-state index is -0.911. The molecule has 0 spiro atoms. The van der Waals surface area contributed by atoms with Gasteiger partial charge in [-0.2, -0.15) is 0 Å². The van der Waals surface area contributed by atoms with Crippen molar-refractivity contribution in [2.45, 2.75) is 38.5 Å². The molecule has 5 heteroatoms. The quantitative estimate of drug-likeness (QED) is 0.825. The van der Waals surface area contributed by atoms with E-state index < -0.39 is 16.8 Å². The molecular formula is C16H20BrNO3. The van der Waals surface area contributed by atoms with Crippen LogP contribution in [-0.4, -0.2) is 23.5 Å². The molecule has 2 N–H and O–H groups in total. The SMILES string of the molecule is CCC(C)(CNC(=O)C1(c2ccc(Br)cc2)CC1)C(=O)O. The molecule has 114 valence electrons. The Labute approximate surface area is 133 Å². The van der Waals surface area contributed by atoms with E-state index in [2.05, 4.69) is 21.2 Å². The van der Waals surface area contributed by atoms with Crippen molar-refractivity contribution in [3.63, 3.8) is 0 Å². The highest BCUT2D eigenvalue weighted by molar-refractivity contribution is 9.10. The van der Waals surface area contributed by atoms with Gasteiger partial charge < -0.3 is 10.4 Å². The zero-order valence-corrected chi connectivity index (χ0v) is 13.9. The molecule has 2 rings (SSSR count). The summed E-state index contributed by atoms with van der Waals surface area (Å²) < 4.78 is 0.979. The Morgan fingerprint density at radius 3 is 2.33 bits per heavy atom. The van der Waals surface area contributed by atoms with Gasteiger partial charge in [0.25, 0.3) is 0 Å². The van der Waals surface area contributed by atoms with Gasteiger partial charge >= 0.3 is 5.97 Å². The van der Waals surface area contributed by atoms with Crippen molar-refractivity contribution < 1.29 is 14.7 Å². The number of hydrogen-bond acceptors (Lipinski definition) is 2. The van der Waals surface area contributed by atoms with Gasteiger partial charge in [-0.15, -0.1) is 0 Å². The normalized spacial score (nSPS) is 18.6. The number of halogens is 1. The van der Waals surface area contributed by atoms with Crippen molar-refractivity contribution >= 4 is 27.8 Å². The van der Waals surface area contributed by atoms with Crippen LogP contribution in [0.2, 0.25) is 0 Å². The van der Waals surface area contributed by atoms with Crippen molar-refractivity contribution in [2.24, 2.45) is 5.41 Å². The van der Waals surface area contributed by atoms with Gasteiger partial charge in [0.15, 0.2) is 0 Å². The van der Waals surface area contributed by atoms with Crippen LogP contribution in [0.4, 0.5) is 0 Å². The van der Waals surface area contributed by atoms with Gasteiger partial charge in [0.2, 0.25) is 5.91 Å². The summed E-state index contributed by atoms with van der Waals surface area (Å²) in [7, 11) is 0. The van der Waals surface area contributed by atoms with Crippen LogP contribution in [0.1, 0.15) is 38.7 Å². The van der Waals surface area contributed by atoms with Crippen LogP contribution in [0.3, 0.4) is 0 Å². The summed E-state index contributed by atoms with van der Waals surface area (Å²) in [4.78, 5) is 23.8. The van der Waals surface area contributed by atoms with E-state index in [4.69, 9.17) is 0 Å². The molecule has 0 aliphatic heterocycles. The van der Waals surface area contributed by atoms with Crippen molar-refractivity contribution in [1.29, 1.82) is 0 Å². The molecule has 4 nitrogen and oxygen atoms in total. The Morgan fingerprint density at radius 1 is 1.33 bits per heavy atom. The number of benzene rings is 1. The molecule has 0 aromatic heterocycles. The van der Waals surface area contributed by atoms with Gasteiger partial charge in [-0.3, -0.25) is 9.59 Å². The predicted octanol–water partition coefficient (Wildman–Crippen LogP) is 3.10. The fourth-order valence-corrected chi connectivity index (χ4v) is 2.60. The summed E-state index contributed by atoms with van der Waals surface area (Å²) >= 11 is 3.39. The topological polar surface area (TPSA) is 66.4 Å². The Balaban J connectivity index is 2.07. The fraction of sp³-hybridized carbons (Fsp3) is 0.500. The van der Waals surface area contributed by atoms with Crippen molar-refractivity contribution in [3.05, 3.63) is 34.3 Å². The lowest BCUT2D eigenvalue weighted by atomic mass is 9.87. The molecule has 0 bridgehead atoms. The molecule has 21 heavy (non-hydrogen) atoms. The van der Waals surface area contributed by atoms with Crippen LogP contribution in [-0.2, 0) is 15.0 Å². The highest BCUT2D eigenvalue weighted by Gasteiger charge is 2.51. The summed E-state index contributed by atoms with van der Waals surface area (Å²) in [6.07, 6.45) is 2.11. The maximum atomic E-state index is 12.5. The van der Waals surface area contributed by atoms with Gasteiger partial charge in [0, 0.05) is 11.0 Å². The second-order valence-corrected chi connectivity index (χ2v) is 6.91. The standard InChI is InChI=1S/C16H20BrNO3/c1-3-15(2,14(20)21)10-18-13(19)16(8-9-16)11-4-6-12(17)7-5-11/h4-7H,3,8-10H2,1-2H3,(H,18,19)(H,20,21). The molecule has 1 unspecified atom stereocenters. The van der Waals surface area contributed by atoms with Crippen molar-refractivity contribution in [1.82, 2.24) is 5.32 Å². The number of hydrogen-bond donors (Lipinski definition) is 2. The number of rotatable bonds is 6. The zero-order chi connectivity index (χ0) is 15.7. The maximum absolute atomic E-state index is 12.5. The lowest BCUT2D eigenvalue weighted by molar-refractivity contribution is -0.148. The van der Waals surface area contributed by atoms with E-state index in [1.54, 1.807) is 6.92 Å². The van der Waals surface area contributed by atoms with Crippen LogP contribution in [0, 0.1) is 5.41 Å². The Hall–Kier alpha value is -1.36. The first kappa shape index (κ1) is 16.0. The summed E-state index contributed by atoms with van der Waals surface area (Å²) in [5.41, 5.74) is -0.379. The summed E-state index contributed by atoms with van der Waals surface area (Å²) in [6.45, 7) is 3.65. The van der Waals surface area contributed by atoms with E-state index in [9.17, 15) is 14.7 Å². The molecule has 1 aliphatic rings. The van der Waals surface area contributed by atoms with Gasteiger partial charge in [-0.25, -0.2) is 0 Å². The first-order chi connectivity index (χ1) is 9.84. The van der Waals surface area contributed by atoms with Gasteiger partial charge in [-0.05, 0) is 43.9 Å². The third kappa shape index (κ3) is 3.12. The van der Waals surface area contributed by atoms with E-state index in [1.165, 1.54) is 0 Å². The molecule has 0 saturated heterocycles. The third-order valence-corrected chi connectivity index (χ3v) is 5.05. The van der Waals surface area contributed by atoms with E-state index in [1.807, 2.05) is 31.2 Å². The minimum absolute atomic E-state index is 0.0641. The third-order valence-electron chi connectivity index (χ3n) is 4.52. The highest BCUT2D eigenvalue weighted by atomic mass is 79.9. The van der Waals surface area contributed by atoms with Crippen molar-refractivity contribution in [3.8, 4) is 0 Å². The number of carbonyl (C=O) groups excluding carboxylic acids is 1. The monoisotopic (exact) mass is 353 g/mol. The second kappa shape index (κ2) is 5.79. The number of aliphatic carboxylic acids is 1. The molecule has 0 radical (unpaired) electrons. The van der Waals surface area contributed by atoms with Crippen LogP contribution >= 0.6 is 15.9 Å². The molecule has 0 heterocycles. The predicted molar refractivity (Wildman–Crippen MR) is 84.1 cm³/mol.